The molecule has 4 heteroatoms. The first-order valence-electron chi connectivity index (χ1n) is 4.74. The van der Waals surface area contributed by atoms with E-state index < -0.39 is 12.0 Å². The molecule has 0 spiro atoms. The minimum absolute atomic E-state index is 0.466. The molecule has 0 amide bonds. The minimum Gasteiger partial charge on any atom is -0.469 e. The molecule has 1 aliphatic rings. The normalized spacial score (nSPS) is 26.6. The van der Waals surface area contributed by atoms with Gasteiger partial charge >= 0.3 is 0 Å². The van der Waals surface area contributed by atoms with E-state index in [1.165, 1.54) is 6.26 Å². The quantitative estimate of drug-likeness (QED) is 0.794. The van der Waals surface area contributed by atoms with Crippen LogP contribution in [-0.4, -0.2) is 13.5 Å². The van der Waals surface area contributed by atoms with Gasteiger partial charge in [-0.05, 0) is 26.0 Å². The van der Waals surface area contributed by atoms with Gasteiger partial charge in [-0.1, -0.05) is 0 Å². The van der Waals surface area contributed by atoms with Gasteiger partial charge in [-0.25, -0.2) is 8.78 Å². The molecule has 0 aliphatic heterocycles. The van der Waals surface area contributed by atoms with Gasteiger partial charge in [0.1, 0.15) is 11.3 Å². The summed E-state index contributed by atoms with van der Waals surface area (Å²) >= 11 is 0. The van der Waals surface area contributed by atoms with Gasteiger partial charge in [0.2, 0.25) is 0 Å². The maximum Gasteiger partial charge on any atom is 0.260 e. The van der Waals surface area contributed by atoms with Crippen molar-refractivity contribution in [2.75, 3.05) is 7.05 Å². The highest BCUT2D eigenvalue weighted by molar-refractivity contribution is 5.30. The molecular weight excluding hydrogens is 188 g/mol. The third kappa shape index (κ3) is 1.17. The van der Waals surface area contributed by atoms with Gasteiger partial charge in [0.05, 0.1) is 6.26 Å². The van der Waals surface area contributed by atoms with Crippen molar-refractivity contribution >= 4 is 0 Å². The van der Waals surface area contributed by atoms with Crippen LogP contribution in [0.5, 0.6) is 0 Å². The fourth-order valence-corrected chi connectivity index (χ4v) is 2.19. The summed E-state index contributed by atoms with van der Waals surface area (Å²) in [7, 11) is 1.58. The highest BCUT2D eigenvalue weighted by Gasteiger charge is 2.44. The van der Waals surface area contributed by atoms with E-state index in [1.54, 1.807) is 13.1 Å². The Labute approximate surface area is 81.3 Å². The number of furan rings is 1. The first kappa shape index (κ1) is 9.65. The van der Waals surface area contributed by atoms with E-state index in [4.69, 9.17) is 4.42 Å². The topological polar surface area (TPSA) is 25.2 Å². The van der Waals surface area contributed by atoms with Crippen LogP contribution in [0, 0.1) is 0 Å². The van der Waals surface area contributed by atoms with E-state index in [1.807, 2.05) is 0 Å². The molecule has 14 heavy (non-hydrogen) atoms. The zero-order chi connectivity index (χ0) is 10.2. The standard InChI is InChI=1S/C10H13F2NO/c1-13-10(9(11)12)5-2-3-8-7(10)4-6-14-8/h4,6,9,13H,2-3,5H2,1H3. The first-order valence-corrected chi connectivity index (χ1v) is 4.74. The molecule has 1 heterocycles. The SMILES string of the molecule is CNC1(C(F)F)CCCc2occc21. The molecule has 1 atom stereocenters. The largest absolute Gasteiger partial charge is 0.469 e. The molecule has 0 saturated carbocycles. The third-order valence-corrected chi connectivity index (χ3v) is 3.02. The lowest BCUT2D eigenvalue weighted by molar-refractivity contribution is 0.0195. The Morgan fingerprint density at radius 3 is 3.00 bits per heavy atom. The highest BCUT2D eigenvalue weighted by Crippen LogP contribution is 2.39. The van der Waals surface area contributed by atoms with Crippen LogP contribution in [0.15, 0.2) is 16.7 Å². The molecule has 1 aromatic heterocycles. The van der Waals surface area contributed by atoms with Gasteiger partial charge < -0.3 is 9.73 Å². The molecule has 0 fully saturated rings. The van der Waals surface area contributed by atoms with E-state index in [9.17, 15) is 8.78 Å². The van der Waals surface area contributed by atoms with Crippen LogP contribution in [0.2, 0.25) is 0 Å². The second kappa shape index (κ2) is 3.35. The van der Waals surface area contributed by atoms with E-state index in [0.29, 0.717) is 17.7 Å². The zero-order valence-electron chi connectivity index (χ0n) is 8.02. The van der Waals surface area contributed by atoms with Crippen LogP contribution in [0.3, 0.4) is 0 Å². The fraction of sp³-hybridized carbons (Fsp3) is 0.600. The fourth-order valence-electron chi connectivity index (χ4n) is 2.19. The van der Waals surface area contributed by atoms with Crippen LogP contribution in [0.4, 0.5) is 8.78 Å². The number of halogens is 2. The highest BCUT2D eigenvalue weighted by atomic mass is 19.3. The number of hydrogen-bond donors (Lipinski definition) is 1. The molecule has 1 N–H and O–H groups in total. The van der Waals surface area contributed by atoms with Gasteiger partial charge in [-0.15, -0.1) is 0 Å². The monoisotopic (exact) mass is 201 g/mol. The van der Waals surface area contributed by atoms with Gasteiger partial charge in [-0.2, -0.15) is 0 Å². The van der Waals surface area contributed by atoms with Crippen LogP contribution in [0.1, 0.15) is 24.2 Å². The van der Waals surface area contributed by atoms with Gasteiger partial charge in [0, 0.05) is 12.0 Å². The predicted octanol–water partition coefficient (Wildman–Crippen LogP) is 2.30. The summed E-state index contributed by atoms with van der Waals surface area (Å²) in [6.07, 6.45) is 1.06. The van der Waals surface area contributed by atoms with E-state index in [0.717, 1.165) is 12.8 Å². The third-order valence-electron chi connectivity index (χ3n) is 3.02. The van der Waals surface area contributed by atoms with E-state index in [-0.39, 0.29) is 0 Å². The van der Waals surface area contributed by atoms with Crippen LogP contribution < -0.4 is 5.32 Å². The summed E-state index contributed by atoms with van der Waals surface area (Å²) in [4.78, 5) is 0. The predicted molar refractivity (Wildman–Crippen MR) is 48.4 cm³/mol. The number of nitrogens with one attached hydrogen (secondary N) is 1. The van der Waals surface area contributed by atoms with Gasteiger partial charge in [0.25, 0.3) is 6.43 Å². The Kier molecular flexibility index (Phi) is 2.31. The van der Waals surface area contributed by atoms with Crippen LogP contribution in [0.25, 0.3) is 0 Å². The molecule has 2 nitrogen and oxygen atoms in total. The molecule has 0 bridgehead atoms. The zero-order valence-corrected chi connectivity index (χ0v) is 8.02. The van der Waals surface area contributed by atoms with E-state index >= 15 is 0 Å². The molecule has 0 radical (unpaired) electrons. The van der Waals surface area contributed by atoms with Crippen molar-refractivity contribution in [2.45, 2.75) is 31.2 Å². The van der Waals surface area contributed by atoms with Crippen molar-refractivity contribution in [1.29, 1.82) is 0 Å². The number of alkyl halides is 2. The number of fused-ring (bicyclic) bond motifs is 1. The Balaban J connectivity index is 2.47. The number of aryl methyl sites for hydroxylation is 1. The van der Waals surface area contributed by atoms with Crippen molar-refractivity contribution in [3.05, 3.63) is 23.7 Å². The van der Waals surface area contributed by atoms with Crippen LogP contribution >= 0.6 is 0 Å². The number of rotatable bonds is 2. The molecule has 0 aromatic carbocycles. The summed E-state index contributed by atoms with van der Waals surface area (Å²) in [6.45, 7) is 0. The molecule has 1 unspecified atom stereocenters. The summed E-state index contributed by atoms with van der Waals surface area (Å²) < 4.78 is 31.2. The summed E-state index contributed by atoms with van der Waals surface area (Å²) in [5, 5.41) is 2.75. The molecule has 78 valence electrons. The Morgan fingerprint density at radius 1 is 1.57 bits per heavy atom. The van der Waals surface area contributed by atoms with Crippen molar-refractivity contribution in [1.82, 2.24) is 5.32 Å². The molecule has 1 aromatic rings. The molecule has 2 rings (SSSR count). The number of hydrogen-bond acceptors (Lipinski definition) is 2. The molecule has 1 aliphatic carbocycles. The second-order valence-corrected chi connectivity index (χ2v) is 3.63. The smallest absolute Gasteiger partial charge is 0.260 e. The lowest BCUT2D eigenvalue weighted by Crippen LogP contribution is -2.48. The Hall–Kier alpha value is -0.900. The van der Waals surface area contributed by atoms with Gasteiger partial charge in [0.15, 0.2) is 0 Å². The molecule has 0 saturated heterocycles. The first-order chi connectivity index (χ1) is 6.70. The lowest BCUT2D eigenvalue weighted by atomic mass is 9.80. The average molecular weight is 201 g/mol. The summed E-state index contributed by atoms with van der Waals surface area (Å²) in [5.41, 5.74) is -0.568. The van der Waals surface area contributed by atoms with Gasteiger partial charge in [-0.3, -0.25) is 0 Å². The van der Waals surface area contributed by atoms with Crippen molar-refractivity contribution < 1.29 is 13.2 Å². The maximum absolute atomic E-state index is 13.0. The van der Waals surface area contributed by atoms with Crippen LogP contribution in [-0.2, 0) is 12.0 Å². The Morgan fingerprint density at radius 2 is 2.36 bits per heavy atom. The average Bonchev–Trinajstić information content (AvgIpc) is 2.64. The Bertz CT molecular complexity index is 324. The molecular formula is C10H13F2NO. The summed E-state index contributed by atoms with van der Waals surface area (Å²) in [6, 6.07) is 1.65. The second-order valence-electron chi connectivity index (χ2n) is 3.63. The van der Waals surface area contributed by atoms with Crippen molar-refractivity contribution in [3.8, 4) is 0 Å². The van der Waals surface area contributed by atoms with E-state index in [2.05, 4.69) is 5.32 Å². The summed E-state index contributed by atoms with van der Waals surface area (Å²) in [5.74, 6) is 0.700. The lowest BCUT2D eigenvalue weighted by Gasteiger charge is -2.35. The van der Waals surface area contributed by atoms with Crippen molar-refractivity contribution in [2.24, 2.45) is 0 Å². The maximum atomic E-state index is 13.0. The van der Waals surface area contributed by atoms with Crippen molar-refractivity contribution in [3.63, 3.8) is 0 Å². The minimum atomic E-state index is -2.40.